The molecule has 0 amide bonds. The van der Waals surface area contributed by atoms with Crippen LogP contribution in [0.1, 0.15) is 28.1 Å². The van der Waals surface area contributed by atoms with Crippen molar-refractivity contribution < 1.29 is 0 Å². The number of hydrogen-bond donors (Lipinski definition) is 1. The first kappa shape index (κ1) is 15.3. The van der Waals surface area contributed by atoms with Crippen molar-refractivity contribution in [3.63, 3.8) is 0 Å². The lowest BCUT2D eigenvalue weighted by atomic mass is 9.97. The molecule has 0 aliphatic carbocycles. The van der Waals surface area contributed by atoms with Crippen molar-refractivity contribution in [3.05, 3.63) is 50.8 Å². The van der Waals surface area contributed by atoms with E-state index < -0.39 is 0 Å². The Kier molecular flexibility index (Phi) is 4.66. The van der Waals surface area contributed by atoms with Gasteiger partial charge in [-0.25, -0.2) is 0 Å². The lowest BCUT2D eigenvalue weighted by molar-refractivity contribution is 0.610. The lowest BCUT2D eigenvalue weighted by Gasteiger charge is -2.14. The number of nitrogens with two attached hydrogens (primary N) is 1. The highest BCUT2D eigenvalue weighted by atomic mass is 79.9. The summed E-state index contributed by atoms with van der Waals surface area (Å²) >= 11 is 3.60. The van der Waals surface area contributed by atoms with Gasteiger partial charge in [0.25, 0.3) is 0 Å². The van der Waals surface area contributed by atoms with E-state index in [-0.39, 0.29) is 6.04 Å². The van der Waals surface area contributed by atoms with Crippen LogP contribution in [-0.4, -0.2) is 15.8 Å². The minimum atomic E-state index is 0.0987. The molecule has 0 saturated heterocycles. The van der Waals surface area contributed by atoms with E-state index >= 15 is 0 Å². The molecule has 0 aliphatic rings. The molecule has 0 radical (unpaired) electrons. The number of aryl methyl sites for hydroxylation is 4. The van der Waals surface area contributed by atoms with E-state index in [9.17, 15) is 0 Å². The Morgan fingerprint density at radius 3 is 2.55 bits per heavy atom. The van der Waals surface area contributed by atoms with E-state index in [1.54, 1.807) is 0 Å². The molecule has 0 fully saturated rings. The van der Waals surface area contributed by atoms with E-state index in [2.05, 4.69) is 53.1 Å². The Morgan fingerprint density at radius 2 is 1.95 bits per heavy atom. The van der Waals surface area contributed by atoms with Gasteiger partial charge in [0, 0.05) is 19.5 Å². The molecule has 2 rings (SSSR count). The Morgan fingerprint density at radius 1 is 1.25 bits per heavy atom. The fraction of sp³-hybridized carbons (Fsp3) is 0.438. The predicted molar refractivity (Wildman–Crippen MR) is 86.9 cm³/mol. The molecule has 2 N–H and O–H groups in total. The average Bonchev–Trinajstić information content (AvgIpc) is 2.61. The van der Waals surface area contributed by atoms with Gasteiger partial charge in [0.05, 0.1) is 15.9 Å². The number of halogens is 1. The fourth-order valence-electron chi connectivity index (χ4n) is 2.53. The highest BCUT2D eigenvalue weighted by Crippen LogP contribution is 2.22. The molecule has 108 valence electrons. The maximum absolute atomic E-state index is 6.34. The molecule has 0 spiro atoms. The quantitative estimate of drug-likeness (QED) is 0.932. The van der Waals surface area contributed by atoms with Gasteiger partial charge in [-0.3, -0.25) is 4.68 Å². The molecular formula is C16H22BrN3. The second-order valence-corrected chi connectivity index (χ2v) is 6.36. The van der Waals surface area contributed by atoms with Crippen molar-refractivity contribution in [1.82, 2.24) is 9.78 Å². The summed E-state index contributed by atoms with van der Waals surface area (Å²) in [5, 5.41) is 4.42. The number of nitrogens with zero attached hydrogens (tertiary/aromatic N) is 2. The molecule has 4 heteroatoms. The molecule has 2 aromatic rings. The number of hydrogen-bond acceptors (Lipinski definition) is 2. The van der Waals surface area contributed by atoms with Gasteiger partial charge in [-0.05, 0) is 54.2 Å². The summed E-state index contributed by atoms with van der Waals surface area (Å²) in [4.78, 5) is 0. The van der Waals surface area contributed by atoms with E-state index in [1.807, 2.05) is 18.7 Å². The summed E-state index contributed by atoms with van der Waals surface area (Å²) in [6.07, 6.45) is 1.72. The van der Waals surface area contributed by atoms with E-state index in [1.165, 1.54) is 22.4 Å². The molecule has 1 aromatic carbocycles. The van der Waals surface area contributed by atoms with Gasteiger partial charge >= 0.3 is 0 Å². The Balaban J connectivity index is 2.13. The highest BCUT2D eigenvalue weighted by molar-refractivity contribution is 9.10. The van der Waals surface area contributed by atoms with Crippen molar-refractivity contribution in [2.24, 2.45) is 12.8 Å². The van der Waals surface area contributed by atoms with Gasteiger partial charge in [0.2, 0.25) is 0 Å². The first-order chi connectivity index (χ1) is 9.38. The van der Waals surface area contributed by atoms with Crippen LogP contribution in [0.15, 0.2) is 22.7 Å². The molecule has 0 bridgehead atoms. The number of benzene rings is 1. The highest BCUT2D eigenvalue weighted by Gasteiger charge is 2.15. The Hall–Kier alpha value is -1.13. The van der Waals surface area contributed by atoms with Crippen LogP contribution in [-0.2, 0) is 19.9 Å². The smallest absolute Gasteiger partial charge is 0.0738 e. The maximum Gasteiger partial charge on any atom is 0.0738 e. The van der Waals surface area contributed by atoms with Crippen LogP contribution >= 0.6 is 15.9 Å². The standard InChI is InChI=1S/C16H22BrN3/c1-10-5-6-11(2)13(7-10)8-14(18)9-15-16(17)12(3)19-20(15)4/h5-7,14H,8-9,18H2,1-4H3. The monoisotopic (exact) mass is 335 g/mol. The maximum atomic E-state index is 6.34. The third-order valence-electron chi connectivity index (χ3n) is 3.70. The summed E-state index contributed by atoms with van der Waals surface area (Å²) in [5.74, 6) is 0. The lowest BCUT2D eigenvalue weighted by Crippen LogP contribution is -2.27. The molecule has 1 atom stereocenters. The molecule has 0 aliphatic heterocycles. The van der Waals surface area contributed by atoms with E-state index in [0.717, 1.165) is 23.0 Å². The van der Waals surface area contributed by atoms with Crippen LogP contribution in [0, 0.1) is 20.8 Å². The van der Waals surface area contributed by atoms with Gasteiger partial charge in [-0.1, -0.05) is 23.8 Å². The molecule has 1 heterocycles. The van der Waals surface area contributed by atoms with Crippen LogP contribution in [0.5, 0.6) is 0 Å². The van der Waals surface area contributed by atoms with Crippen LogP contribution in [0.3, 0.4) is 0 Å². The summed E-state index contributed by atoms with van der Waals surface area (Å²) in [6.45, 7) is 6.27. The zero-order valence-electron chi connectivity index (χ0n) is 12.6. The Labute approximate surface area is 129 Å². The Bertz CT molecular complexity index is 616. The number of rotatable bonds is 4. The van der Waals surface area contributed by atoms with Crippen molar-refractivity contribution in [1.29, 1.82) is 0 Å². The second kappa shape index (κ2) is 6.10. The minimum absolute atomic E-state index is 0.0987. The average molecular weight is 336 g/mol. The van der Waals surface area contributed by atoms with Crippen LogP contribution in [0.2, 0.25) is 0 Å². The van der Waals surface area contributed by atoms with Gasteiger partial charge in [0.15, 0.2) is 0 Å². The van der Waals surface area contributed by atoms with Crippen molar-refractivity contribution in [2.45, 2.75) is 39.7 Å². The summed E-state index contributed by atoms with van der Waals surface area (Å²) in [5.41, 5.74) is 12.5. The SMILES string of the molecule is Cc1ccc(C)c(CC(N)Cc2c(Br)c(C)nn2C)c1. The van der Waals surface area contributed by atoms with Crippen molar-refractivity contribution >= 4 is 15.9 Å². The normalized spacial score (nSPS) is 12.7. The van der Waals surface area contributed by atoms with Gasteiger partial charge in [0.1, 0.15) is 0 Å². The molecule has 0 saturated carbocycles. The predicted octanol–water partition coefficient (Wildman–Crippen LogP) is 3.22. The van der Waals surface area contributed by atoms with E-state index in [0.29, 0.717) is 0 Å². The zero-order chi connectivity index (χ0) is 14.9. The third kappa shape index (κ3) is 3.30. The first-order valence-electron chi connectivity index (χ1n) is 6.88. The first-order valence-corrected chi connectivity index (χ1v) is 7.67. The fourth-order valence-corrected chi connectivity index (χ4v) is 3.02. The van der Waals surface area contributed by atoms with Crippen LogP contribution < -0.4 is 5.73 Å². The molecular weight excluding hydrogens is 314 g/mol. The van der Waals surface area contributed by atoms with E-state index in [4.69, 9.17) is 5.73 Å². The molecule has 1 unspecified atom stereocenters. The molecule has 1 aromatic heterocycles. The summed E-state index contributed by atoms with van der Waals surface area (Å²) in [7, 11) is 1.97. The van der Waals surface area contributed by atoms with Crippen LogP contribution in [0.25, 0.3) is 0 Å². The van der Waals surface area contributed by atoms with Crippen molar-refractivity contribution in [2.75, 3.05) is 0 Å². The number of aromatic nitrogens is 2. The topological polar surface area (TPSA) is 43.8 Å². The minimum Gasteiger partial charge on any atom is -0.327 e. The zero-order valence-corrected chi connectivity index (χ0v) is 14.2. The van der Waals surface area contributed by atoms with Gasteiger partial charge in [-0.2, -0.15) is 5.10 Å². The second-order valence-electron chi connectivity index (χ2n) is 5.57. The van der Waals surface area contributed by atoms with Crippen molar-refractivity contribution in [3.8, 4) is 0 Å². The van der Waals surface area contributed by atoms with Crippen LogP contribution in [0.4, 0.5) is 0 Å². The summed E-state index contributed by atoms with van der Waals surface area (Å²) < 4.78 is 3.00. The molecule has 3 nitrogen and oxygen atoms in total. The summed E-state index contributed by atoms with van der Waals surface area (Å²) in [6, 6.07) is 6.65. The largest absolute Gasteiger partial charge is 0.327 e. The van der Waals surface area contributed by atoms with Gasteiger partial charge in [-0.15, -0.1) is 0 Å². The van der Waals surface area contributed by atoms with Gasteiger partial charge < -0.3 is 5.73 Å². The third-order valence-corrected chi connectivity index (χ3v) is 4.74. The molecule has 20 heavy (non-hydrogen) atoms.